The van der Waals surface area contributed by atoms with Crippen LogP contribution in [0.25, 0.3) is 0 Å². The van der Waals surface area contributed by atoms with Gasteiger partial charge in [-0.2, -0.15) is 0 Å². The molecule has 0 amide bonds. The third-order valence-corrected chi connectivity index (χ3v) is 2.79. The largest absolute Gasteiger partial charge is 0.396 e. The number of unbranched alkanes of at least 4 members (excludes halogenated alkanes) is 2. The van der Waals surface area contributed by atoms with E-state index in [2.05, 4.69) is 9.88 Å². The van der Waals surface area contributed by atoms with Crippen LogP contribution in [0.5, 0.6) is 0 Å². The summed E-state index contributed by atoms with van der Waals surface area (Å²) >= 11 is 0. The molecule has 1 atom stereocenters. The van der Waals surface area contributed by atoms with E-state index in [1.165, 1.54) is 0 Å². The monoisotopic (exact) mass is 238 g/mol. The topological polar surface area (TPSA) is 56.6 Å². The highest BCUT2D eigenvalue weighted by Crippen LogP contribution is 2.17. The van der Waals surface area contributed by atoms with Crippen molar-refractivity contribution in [1.29, 1.82) is 0 Å². The van der Waals surface area contributed by atoms with Gasteiger partial charge in [-0.1, -0.05) is 0 Å². The van der Waals surface area contributed by atoms with E-state index >= 15 is 0 Å². The summed E-state index contributed by atoms with van der Waals surface area (Å²) in [5.74, 6) is 0.882. The Morgan fingerprint density at radius 1 is 1.35 bits per heavy atom. The van der Waals surface area contributed by atoms with E-state index in [-0.39, 0.29) is 6.61 Å². The average molecular weight is 238 g/mol. The van der Waals surface area contributed by atoms with Crippen molar-refractivity contribution < 1.29 is 10.2 Å². The van der Waals surface area contributed by atoms with Crippen molar-refractivity contribution in [2.24, 2.45) is 0 Å². The molecule has 4 heteroatoms. The molecule has 1 heterocycles. The molecule has 0 aliphatic carbocycles. The van der Waals surface area contributed by atoms with Gasteiger partial charge in [0.05, 0.1) is 6.10 Å². The predicted molar refractivity (Wildman–Crippen MR) is 69.1 cm³/mol. The van der Waals surface area contributed by atoms with Crippen LogP contribution in [0.1, 0.15) is 37.9 Å². The molecule has 96 valence electrons. The number of hydrogen-bond acceptors (Lipinski definition) is 4. The van der Waals surface area contributed by atoms with E-state index < -0.39 is 6.10 Å². The van der Waals surface area contributed by atoms with Crippen LogP contribution >= 0.6 is 0 Å². The van der Waals surface area contributed by atoms with E-state index in [0.717, 1.165) is 37.2 Å². The van der Waals surface area contributed by atoms with Crippen molar-refractivity contribution in [3.05, 3.63) is 23.9 Å². The minimum absolute atomic E-state index is 0.263. The Morgan fingerprint density at radius 2 is 2.12 bits per heavy atom. The summed E-state index contributed by atoms with van der Waals surface area (Å²) in [6, 6.07) is 3.74. The highest BCUT2D eigenvalue weighted by Gasteiger charge is 2.06. The molecule has 0 bridgehead atoms. The van der Waals surface area contributed by atoms with Crippen LogP contribution in [-0.2, 0) is 0 Å². The molecule has 0 radical (unpaired) electrons. The Morgan fingerprint density at radius 3 is 2.76 bits per heavy atom. The quantitative estimate of drug-likeness (QED) is 0.710. The molecule has 4 nitrogen and oxygen atoms in total. The van der Waals surface area contributed by atoms with E-state index in [4.69, 9.17) is 5.11 Å². The lowest BCUT2D eigenvalue weighted by Gasteiger charge is -2.19. The average Bonchev–Trinajstić information content (AvgIpc) is 2.34. The molecule has 1 aromatic rings. The maximum atomic E-state index is 9.50. The Balaban J connectivity index is 2.50. The SMILES string of the molecule is C[C@@H](O)c1ccnc(N(C)CCCCCO)c1. The summed E-state index contributed by atoms with van der Waals surface area (Å²) in [4.78, 5) is 6.36. The Labute approximate surface area is 103 Å². The van der Waals surface area contributed by atoms with E-state index in [1.54, 1.807) is 13.1 Å². The molecule has 2 N–H and O–H groups in total. The third-order valence-electron chi connectivity index (χ3n) is 2.79. The number of anilines is 1. The van der Waals surface area contributed by atoms with Crippen LogP contribution in [0.4, 0.5) is 5.82 Å². The third kappa shape index (κ3) is 4.71. The fourth-order valence-corrected chi connectivity index (χ4v) is 1.65. The van der Waals surface area contributed by atoms with Crippen molar-refractivity contribution in [3.8, 4) is 0 Å². The number of nitrogens with zero attached hydrogens (tertiary/aromatic N) is 2. The summed E-state index contributed by atoms with van der Waals surface area (Å²) in [6.45, 7) is 2.93. The van der Waals surface area contributed by atoms with Gasteiger partial charge >= 0.3 is 0 Å². The van der Waals surface area contributed by atoms with Gasteiger partial charge in [0.15, 0.2) is 0 Å². The van der Waals surface area contributed by atoms with Crippen molar-refractivity contribution in [2.75, 3.05) is 25.1 Å². The van der Waals surface area contributed by atoms with Crippen molar-refractivity contribution in [3.63, 3.8) is 0 Å². The van der Waals surface area contributed by atoms with Crippen LogP contribution < -0.4 is 4.90 Å². The van der Waals surface area contributed by atoms with Gasteiger partial charge in [-0.3, -0.25) is 0 Å². The zero-order chi connectivity index (χ0) is 12.7. The standard InChI is InChI=1S/C13H22N2O2/c1-11(17)12-6-7-14-13(10-12)15(2)8-4-3-5-9-16/h6-7,10-11,16-17H,3-5,8-9H2,1-2H3/t11-/m1/s1. The number of aliphatic hydroxyl groups excluding tert-OH is 2. The van der Waals surface area contributed by atoms with Crippen molar-refractivity contribution >= 4 is 5.82 Å². The normalized spacial score (nSPS) is 12.5. The molecule has 0 saturated heterocycles. The van der Waals surface area contributed by atoms with Gasteiger partial charge in [0.25, 0.3) is 0 Å². The minimum Gasteiger partial charge on any atom is -0.396 e. The number of hydrogen-bond donors (Lipinski definition) is 2. The zero-order valence-corrected chi connectivity index (χ0v) is 10.6. The molecule has 0 fully saturated rings. The fraction of sp³-hybridized carbons (Fsp3) is 0.615. The molecule has 0 aromatic carbocycles. The van der Waals surface area contributed by atoms with Crippen LogP contribution in [-0.4, -0.2) is 35.4 Å². The van der Waals surface area contributed by atoms with Gasteiger partial charge in [-0.25, -0.2) is 4.98 Å². The summed E-state index contributed by atoms with van der Waals surface area (Å²) in [5.41, 5.74) is 0.886. The van der Waals surface area contributed by atoms with E-state index in [9.17, 15) is 5.11 Å². The first-order chi connectivity index (χ1) is 8.15. The lowest BCUT2D eigenvalue weighted by atomic mass is 10.1. The van der Waals surface area contributed by atoms with E-state index in [1.807, 2.05) is 19.2 Å². The maximum absolute atomic E-state index is 9.50. The summed E-state index contributed by atoms with van der Waals surface area (Å²) in [6.07, 6.45) is 4.19. The van der Waals surface area contributed by atoms with Crippen LogP contribution in [0, 0.1) is 0 Å². The summed E-state index contributed by atoms with van der Waals surface area (Å²) < 4.78 is 0. The van der Waals surface area contributed by atoms with Crippen molar-refractivity contribution in [2.45, 2.75) is 32.3 Å². The second kappa shape index (κ2) is 7.25. The minimum atomic E-state index is -0.459. The maximum Gasteiger partial charge on any atom is 0.128 e. The Hall–Kier alpha value is -1.13. The van der Waals surface area contributed by atoms with Gasteiger partial charge in [0, 0.05) is 26.4 Å². The molecule has 0 unspecified atom stereocenters. The lowest BCUT2D eigenvalue weighted by Crippen LogP contribution is -2.20. The second-order valence-corrected chi connectivity index (χ2v) is 4.33. The van der Waals surface area contributed by atoms with Crippen molar-refractivity contribution in [1.82, 2.24) is 4.98 Å². The summed E-state index contributed by atoms with van der Waals surface area (Å²) in [7, 11) is 1.99. The number of aromatic nitrogens is 1. The molecular formula is C13H22N2O2. The van der Waals surface area contributed by atoms with Gasteiger partial charge < -0.3 is 15.1 Å². The molecule has 1 rings (SSSR count). The van der Waals surface area contributed by atoms with Gasteiger partial charge in [-0.15, -0.1) is 0 Å². The molecule has 0 spiro atoms. The predicted octanol–water partition coefficient (Wildman–Crippen LogP) is 1.73. The summed E-state index contributed by atoms with van der Waals surface area (Å²) in [5, 5.41) is 18.2. The molecule has 0 aliphatic heterocycles. The first-order valence-electron chi connectivity index (χ1n) is 6.11. The first kappa shape index (κ1) is 13.9. The number of aliphatic hydroxyl groups is 2. The smallest absolute Gasteiger partial charge is 0.128 e. The number of rotatable bonds is 7. The van der Waals surface area contributed by atoms with Crippen LogP contribution in [0.15, 0.2) is 18.3 Å². The fourth-order valence-electron chi connectivity index (χ4n) is 1.65. The van der Waals surface area contributed by atoms with Gasteiger partial charge in [0.1, 0.15) is 5.82 Å². The highest BCUT2D eigenvalue weighted by molar-refractivity contribution is 5.40. The lowest BCUT2D eigenvalue weighted by molar-refractivity contribution is 0.199. The highest BCUT2D eigenvalue weighted by atomic mass is 16.3. The van der Waals surface area contributed by atoms with Crippen LogP contribution in [0.3, 0.4) is 0 Å². The Kier molecular flexibility index (Phi) is 5.94. The number of pyridine rings is 1. The first-order valence-corrected chi connectivity index (χ1v) is 6.11. The Bertz CT molecular complexity index is 329. The molecule has 1 aromatic heterocycles. The molecule has 0 aliphatic rings. The van der Waals surface area contributed by atoms with Crippen LogP contribution in [0.2, 0.25) is 0 Å². The molecule has 0 saturated carbocycles. The van der Waals surface area contributed by atoms with E-state index in [0.29, 0.717) is 0 Å². The van der Waals surface area contributed by atoms with Gasteiger partial charge in [-0.05, 0) is 43.9 Å². The molecule has 17 heavy (non-hydrogen) atoms. The van der Waals surface area contributed by atoms with Gasteiger partial charge in [0.2, 0.25) is 0 Å². The molecular weight excluding hydrogens is 216 g/mol. The zero-order valence-electron chi connectivity index (χ0n) is 10.6. The second-order valence-electron chi connectivity index (χ2n) is 4.33.